The number of nitrogen functional groups attached to an aromatic ring is 1. The van der Waals surface area contributed by atoms with Crippen LogP contribution in [0.25, 0.3) is 22.3 Å². The minimum Gasteiger partial charge on any atom is -0.382 e. The van der Waals surface area contributed by atoms with Gasteiger partial charge in [-0.2, -0.15) is 4.98 Å². The summed E-state index contributed by atoms with van der Waals surface area (Å²) < 4.78 is 52.8. The van der Waals surface area contributed by atoms with Crippen LogP contribution in [0, 0.1) is 5.92 Å². The molecular formula is C25H32N10O10P2S. The Morgan fingerprint density at radius 2 is 1.85 bits per heavy atom. The number of nitrogens with zero attached hydrogens (tertiary/aromatic N) is 7. The number of carbonyl (C=O) groups excluding carboxylic acids is 1. The summed E-state index contributed by atoms with van der Waals surface area (Å²) in [4.78, 5) is 59.9. The average Bonchev–Trinajstić information content (AvgIpc) is 3.80. The minimum absolute atomic E-state index is 0.0288. The number of ether oxygens (including phenoxy) is 2. The number of anilines is 2. The van der Waals surface area contributed by atoms with Crippen molar-refractivity contribution in [1.82, 2.24) is 39.0 Å². The summed E-state index contributed by atoms with van der Waals surface area (Å²) >= 11 is 5.40. The van der Waals surface area contributed by atoms with E-state index in [1.54, 1.807) is 18.4 Å². The summed E-state index contributed by atoms with van der Waals surface area (Å²) in [7, 11) is -3.79. The van der Waals surface area contributed by atoms with Crippen molar-refractivity contribution in [2.24, 2.45) is 5.92 Å². The zero-order chi connectivity index (χ0) is 34.0. The molecule has 7 rings (SSSR count). The van der Waals surface area contributed by atoms with Gasteiger partial charge in [0.15, 0.2) is 28.9 Å². The quantitative estimate of drug-likeness (QED) is 0.216. The average molecular weight is 727 g/mol. The number of fused-ring (bicyclic) bond motifs is 5. The second-order valence-corrected chi connectivity index (χ2v) is 16.6. The molecule has 0 radical (unpaired) electrons. The van der Waals surface area contributed by atoms with Gasteiger partial charge in [-0.05, 0) is 11.8 Å². The number of amides is 1. The lowest BCUT2D eigenvalue weighted by molar-refractivity contribution is -0.118. The first kappa shape index (κ1) is 33.3. The summed E-state index contributed by atoms with van der Waals surface area (Å²) in [5.41, 5.74) is 6.21. The fraction of sp³-hybridized carbons (Fsp3) is 0.560. The Bertz CT molecular complexity index is 2040. The topological polar surface area (TPSA) is 255 Å². The molecule has 0 spiro atoms. The smallest absolute Gasteiger partial charge is 0.328 e. The third-order valence-electron chi connectivity index (χ3n) is 8.07. The SMILES string of the molecule is CC(C)C(=O)Nc1nc2c(ncn2[C@@H]2O[C@@H]3COP(C)(=O)O[C@@H]4C(n5cnc6c(N)ncnc65)CO[C@@H]4COP(O)(=S)O[C@H]2C3)c(=O)[nH]1. The van der Waals surface area contributed by atoms with Crippen molar-refractivity contribution in [2.75, 3.05) is 37.5 Å². The van der Waals surface area contributed by atoms with Crippen molar-refractivity contribution < 1.29 is 41.8 Å². The molecule has 258 valence electrons. The standard InChI is InChI=1S/C25H32N10O10P2S/c1-11(2)22(36)32-25-31-21-17(23(37)33-25)30-10-35(21)24-14-4-12(43-24)5-41-46(3,38)45-18-13(6-40-15(18)7-42-47(39,48)44-14)34-9-29-16-19(26)27-8-28-20(16)34/h8-15,18,24H,4-7H2,1-3H3,(H,39,48)(H2,26,27,28)(H2,31,32,33,36,37)/t12-,13?,14-,15+,18+,24+,46?,47?/m0/s1. The van der Waals surface area contributed by atoms with Crippen molar-refractivity contribution in [3.8, 4) is 0 Å². The van der Waals surface area contributed by atoms with Crippen LogP contribution in [0.15, 0.2) is 23.8 Å². The van der Waals surface area contributed by atoms with Crippen molar-refractivity contribution in [1.29, 1.82) is 0 Å². The number of carbonyl (C=O) groups is 1. The van der Waals surface area contributed by atoms with E-state index in [4.69, 9.17) is 45.1 Å². The Kier molecular flexibility index (Phi) is 8.72. The van der Waals surface area contributed by atoms with Crippen LogP contribution in [0.5, 0.6) is 0 Å². The number of H-pyrrole nitrogens is 1. The van der Waals surface area contributed by atoms with Crippen LogP contribution in [-0.2, 0) is 48.7 Å². The van der Waals surface area contributed by atoms with Crippen molar-refractivity contribution in [3.63, 3.8) is 0 Å². The molecule has 3 aliphatic rings. The zero-order valence-corrected chi connectivity index (χ0v) is 28.3. The number of aromatic amines is 1. The number of nitrogens with one attached hydrogen (secondary N) is 2. The Balaban J connectivity index is 1.17. The maximum atomic E-state index is 13.8. The minimum atomic E-state index is -3.98. The summed E-state index contributed by atoms with van der Waals surface area (Å²) in [5.74, 6) is -0.632. The van der Waals surface area contributed by atoms with Crippen molar-refractivity contribution in [2.45, 2.75) is 57.0 Å². The van der Waals surface area contributed by atoms with Crippen LogP contribution in [0.4, 0.5) is 11.8 Å². The zero-order valence-electron chi connectivity index (χ0n) is 25.7. The highest BCUT2D eigenvalue weighted by atomic mass is 32.5. The van der Waals surface area contributed by atoms with Gasteiger partial charge >= 0.3 is 14.3 Å². The van der Waals surface area contributed by atoms with E-state index in [0.29, 0.717) is 11.2 Å². The maximum absolute atomic E-state index is 13.8. The van der Waals surface area contributed by atoms with E-state index in [2.05, 4.69) is 35.2 Å². The second kappa shape index (κ2) is 12.6. The van der Waals surface area contributed by atoms with Gasteiger partial charge in [0, 0.05) is 19.0 Å². The van der Waals surface area contributed by atoms with E-state index in [9.17, 15) is 19.0 Å². The van der Waals surface area contributed by atoms with Crippen LogP contribution in [0.1, 0.15) is 32.5 Å². The molecule has 23 heteroatoms. The molecule has 3 aliphatic heterocycles. The highest BCUT2D eigenvalue weighted by Crippen LogP contribution is 2.54. The molecular weight excluding hydrogens is 694 g/mol. The number of imidazole rings is 2. The first-order valence-corrected chi connectivity index (χ1v) is 19.4. The van der Waals surface area contributed by atoms with Crippen LogP contribution < -0.4 is 16.6 Å². The molecule has 8 atom stereocenters. The number of hydrogen-bond acceptors (Lipinski definition) is 16. The van der Waals surface area contributed by atoms with E-state index in [0.717, 1.165) is 0 Å². The molecule has 7 heterocycles. The predicted molar refractivity (Wildman–Crippen MR) is 170 cm³/mol. The second-order valence-electron chi connectivity index (χ2n) is 11.8. The van der Waals surface area contributed by atoms with Gasteiger partial charge in [0.2, 0.25) is 11.9 Å². The Labute approximate surface area is 276 Å². The van der Waals surface area contributed by atoms with E-state index in [1.807, 2.05) is 0 Å². The first-order valence-electron chi connectivity index (χ1n) is 14.8. The van der Waals surface area contributed by atoms with Gasteiger partial charge in [0.1, 0.15) is 30.2 Å². The number of hydrogen-bond donors (Lipinski definition) is 4. The summed E-state index contributed by atoms with van der Waals surface area (Å²) in [6, 6.07) is -0.588. The van der Waals surface area contributed by atoms with Crippen LogP contribution >= 0.6 is 14.3 Å². The Hall–Kier alpha value is -3.23. The molecule has 0 aromatic carbocycles. The summed E-state index contributed by atoms with van der Waals surface area (Å²) in [6.45, 7) is 0.329. The lowest BCUT2D eigenvalue weighted by Gasteiger charge is -2.29. The number of rotatable bonds is 4. The molecule has 0 aliphatic carbocycles. The van der Waals surface area contributed by atoms with Gasteiger partial charge in [0.05, 0.1) is 44.6 Å². The van der Waals surface area contributed by atoms with Crippen molar-refractivity contribution in [3.05, 3.63) is 29.3 Å². The molecule has 5 N–H and O–H groups in total. The Morgan fingerprint density at radius 1 is 1.08 bits per heavy atom. The van der Waals surface area contributed by atoms with Gasteiger partial charge in [-0.3, -0.25) is 29.0 Å². The molecule has 4 aromatic heterocycles. The maximum Gasteiger partial charge on any atom is 0.328 e. The summed E-state index contributed by atoms with van der Waals surface area (Å²) in [5, 5.41) is 2.56. The van der Waals surface area contributed by atoms with Gasteiger partial charge in [0.25, 0.3) is 5.56 Å². The fourth-order valence-corrected chi connectivity index (χ4v) is 8.39. The predicted octanol–water partition coefficient (Wildman–Crippen LogP) is 1.22. The van der Waals surface area contributed by atoms with E-state index >= 15 is 0 Å². The lowest BCUT2D eigenvalue weighted by atomic mass is 10.1. The van der Waals surface area contributed by atoms with Gasteiger partial charge < -0.3 is 42.8 Å². The molecule has 3 saturated heterocycles. The van der Waals surface area contributed by atoms with E-state index in [-0.39, 0.29) is 61.0 Å². The van der Waals surface area contributed by atoms with E-state index in [1.165, 1.54) is 30.2 Å². The normalized spacial score (nSPS) is 32.9. The van der Waals surface area contributed by atoms with Crippen LogP contribution in [0.2, 0.25) is 0 Å². The molecule has 20 nitrogen and oxygen atoms in total. The molecule has 3 unspecified atom stereocenters. The fourth-order valence-electron chi connectivity index (χ4n) is 5.73. The van der Waals surface area contributed by atoms with Gasteiger partial charge in [-0.15, -0.1) is 0 Å². The molecule has 0 saturated carbocycles. The largest absolute Gasteiger partial charge is 0.382 e. The third kappa shape index (κ3) is 6.42. The molecule has 48 heavy (non-hydrogen) atoms. The van der Waals surface area contributed by atoms with Gasteiger partial charge in [-0.25, -0.2) is 19.9 Å². The third-order valence-corrected chi connectivity index (χ3v) is 10.9. The number of nitrogens with two attached hydrogens (primary N) is 1. The molecule has 1 amide bonds. The number of aromatic nitrogens is 8. The molecule has 3 fully saturated rings. The lowest BCUT2D eigenvalue weighted by Crippen LogP contribution is -2.34. The Morgan fingerprint density at radius 3 is 2.65 bits per heavy atom. The summed E-state index contributed by atoms with van der Waals surface area (Å²) in [6.07, 6.45) is -0.256. The van der Waals surface area contributed by atoms with Crippen molar-refractivity contribution >= 4 is 66.1 Å². The molecule has 2 bridgehead atoms. The van der Waals surface area contributed by atoms with Gasteiger partial charge in [-0.1, -0.05) is 13.8 Å². The van der Waals surface area contributed by atoms with E-state index < -0.39 is 56.6 Å². The highest BCUT2D eigenvalue weighted by Gasteiger charge is 2.47. The molecule has 4 aromatic rings. The highest BCUT2D eigenvalue weighted by molar-refractivity contribution is 8.07. The van der Waals surface area contributed by atoms with Crippen LogP contribution in [-0.4, -0.2) is 101 Å². The first-order chi connectivity index (χ1) is 22.8. The monoisotopic (exact) mass is 726 g/mol. The van der Waals surface area contributed by atoms with Crippen LogP contribution in [0.3, 0.4) is 0 Å².